The fourth-order valence-corrected chi connectivity index (χ4v) is 15.0. The monoisotopic (exact) mass is 724 g/mol. The van der Waals surface area contributed by atoms with E-state index < -0.39 is 8.07 Å². The zero-order valence-electron chi connectivity index (χ0n) is 32.6. The van der Waals surface area contributed by atoms with Gasteiger partial charge in [-0.1, -0.05) is 184 Å². The van der Waals surface area contributed by atoms with Crippen LogP contribution in [0.1, 0.15) is 61.8 Å². The van der Waals surface area contributed by atoms with E-state index in [1.807, 2.05) is 0 Å². The number of rotatable bonds is 8. The van der Waals surface area contributed by atoms with Crippen molar-refractivity contribution in [3.8, 4) is 22.3 Å². The first kappa shape index (κ1) is 34.0. The Kier molecular flexibility index (Phi) is 8.26. The van der Waals surface area contributed by atoms with Crippen LogP contribution < -0.4 is 0 Å². The van der Waals surface area contributed by atoms with Gasteiger partial charge in [-0.05, 0) is 136 Å². The summed E-state index contributed by atoms with van der Waals surface area (Å²) in [5.41, 5.74) is 15.0. The number of hydrogen-bond acceptors (Lipinski definition) is 0. The molecule has 0 bridgehead atoms. The van der Waals surface area contributed by atoms with Gasteiger partial charge in [0.05, 0.1) is 0 Å². The fraction of sp³-hybridized carbons (Fsp3) is 0.185. The maximum Gasteiger partial charge on any atom is 0.113 e. The predicted octanol–water partition coefficient (Wildman–Crippen LogP) is 15.3. The standard InChI is InChI=1S/C54H48Si/c1-5-17-39-31-37-21-15-29-47(49-33-35-19-7-9-23-41(35)43-25-11-13-27-45(43)49)51(37)53(39)55(3,4)54-40(18-6-2)32-38-22-16-30-48(52(38)54)50-34-36-20-8-10-24-42(36)44-26-12-14-28-46(44)50/h7-16,19-30,33-34H,5-6,17-18,31-32H2,1-4H3. The molecule has 0 unspecified atom stereocenters. The molecule has 8 aromatic carbocycles. The number of benzene rings is 8. The average Bonchev–Trinajstić information content (AvgIpc) is 3.80. The van der Waals surface area contributed by atoms with Crippen molar-refractivity contribution in [2.75, 3.05) is 0 Å². The molecule has 2 aliphatic carbocycles. The second-order valence-corrected chi connectivity index (χ2v) is 20.7. The van der Waals surface area contributed by atoms with Gasteiger partial charge in [-0.25, -0.2) is 0 Å². The maximum absolute atomic E-state index is 2.71. The van der Waals surface area contributed by atoms with E-state index in [1.54, 1.807) is 21.5 Å². The van der Waals surface area contributed by atoms with Gasteiger partial charge in [0.1, 0.15) is 8.07 Å². The normalized spacial score (nSPS) is 14.2. The van der Waals surface area contributed by atoms with Crippen LogP contribution in [0.4, 0.5) is 0 Å². The minimum Gasteiger partial charge on any atom is -0.0655 e. The third kappa shape index (κ3) is 5.31. The molecule has 0 spiro atoms. The van der Waals surface area contributed by atoms with Crippen LogP contribution in [-0.2, 0) is 12.8 Å². The molecule has 0 aromatic heterocycles. The first-order valence-electron chi connectivity index (χ1n) is 20.5. The topological polar surface area (TPSA) is 0 Å². The van der Waals surface area contributed by atoms with E-state index in [4.69, 9.17) is 0 Å². The smallest absolute Gasteiger partial charge is 0.0655 e. The summed E-state index contributed by atoms with van der Waals surface area (Å²) >= 11 is 0. The van der Waals surface area contributed by atoms with Crippen LogP contribution in [0.5, 0.6) is 0 Å². The molecule has 8 aromatic rings. The molecule has 10 rings (SSSR count). The van der Waals surface area contributed by atoms with Crippen LogP contribution in [-0.4, -0.2) is 8.07 Å². The van der Waals surface area contributed by atoms with Crippen LogP contribution >= 0.6 is 0 Å². The minimum absolute atomic E-state index is 1.06. The average molecular weight is 725 g/mol. The summed E-state index contributed by atoms with van der Waals surface area (Å²) in [5, 5.41) is 14.1. The van der Waals surface area contributed by atoms with Crippen LogP contribution in [0, 0.1) is 0 Å². The Morgan fingerprint density at radius 2 is 0.782 bits per heavy atom. The lowest BCUT2D eigenvalue weighted by molar-refractivity contribution is 0.884. The number of allylic oxidation sites excluding steroid dienone is 2. The molecule has 268 valence electrons. The van der Waals surface area contributed by atoms with Crippen LogP contribution in [0.2, 0.25) is 13.1 Å². The molecule has 0 heterocycles. The molecule has 55 heavy (non-hydrogen) atoms. The molecular formula is C54H48Si. The van der Waals surface area contributed by atoms with E-state index in [9.17, 15) is 0 Å². The van der Waals surface area contributed by atoms with Gasteiger partial charge in [0.25, 0.3) is 0 Å². The quantitative estimate of drug-likeness (QED) is 0.108. The lowest BCUT2D eigenvalue weighted by Crippen LogP contribution is -2.32. The number of hydrogen-bond donors (Lipinski definition) is 0. The molecule has 0 fully saturated rings. The van der Waals surface area contributed by atoms with Crippen molar-refractivity contribution in [2.45, 2.75) is 65.5 Å². The largest absolute Gasteiger partial charge is 0.113 e. The first-order chi connectivity index (χ1) is 27.0. The van der Waals surface area contributed by atoms with E-state index in [-0.39, 0.29) is 0 Å². The van der Waals surface area contributed by atoms with E-state index in [0.717, 1.165) is 38.5 Å². The van der Waals surface area contributed by atoms with Crippen molar-refractivity contribution >= 4 is 61.6 Å². The zero-order chi connectivity index (χ0) is 37.3. The van der Waals surface area contributed by atoms with Gasteiger partial charge in [0.15, 0.2) is 0 Å². The van der Waals surface area contributed by atoms with E-state index in [2.05, 4.69) is 173 Å². The highest BCUT2D eigenvalue weighted by Crippen LogP contribution is 2.55. The molecule has 0 radical (unpaired) electrons. The molecule has 2 aliphatic rings. The highest BCUT2D eigenvalue weighted by atomic mass is 28.3. The minimum atomic E-state index is -2.35. The molecule has 0 saturated heterocycles. The Balaban J connectivity index is 1.23. The van der Waals surface area contributed by atoms with Gasteiger partial charge in [-0.3, -0.25) is 0 Å². The zero-order valence-corrected chi connectivity index (χ0v) is 33.6. The second kappa shape index (κ2) is 13.4. The predicted molar refractivity (Wildman–Crippen MR) is 242 cm³/mol. The van der Waals surface area contributed by atoms with Crippen molar-refractivity contribution < 1.29 is 0 Å². The van der Waals surface area contributed by atoms with Crippen molar-refractivity contribution in [1.29, 1.82) is 0 Å². The maximum atomic E-state index is 2.71. The molecule has 1 heteroatoms. The van der Waals surface area contributed by atoms with E-state index >= 15 is 0 Å². The summed E-state index contributed by atoms with van der Waals surface area (Å²) < 4.78 is 0. The van der Waals surface area contributed by atoms with Gasteiger partial charge < -0.3 is 0 Å². The van der Waals surface area contributed by atoms with Gasteiger partial charge in [0, 0.05) is 0 Å². The number of fused-ring (bicyclic) bond motifs is 8. The van der Waals surface area contributed by atoms with Gasteiger partial charge in [0.2, 0.25) is 0 Å². The van der Waals surface area contributed by atoms with Crippen molar-refractivity contribution in [3.05, 3.63) is 179 Å². The molecule has 0 nitrogen and oxygen atoms in total. The van der Waals surface area contributed by atoms with Crippen molar-refractivity contribution in [1.82, 2.24) is 0 Å². The van der Waals surface area contributed by atoms with Crippen LogP contribution in [0.3, 0.4) is 0 Å². The molecule has 0 N–H and O–H groups in total. The third-order valence-electron chi connectivity index (χ3n) is 12.8. The Hall–Kier alpha value is -5.50. The lowest BCUT2D eigenvalue weighted by atomic mass is 9.90. The SMILES string of the molecule is CCCC1=C([Si](C)(C)C2=C(CCC)Cc3cccc(-c4cc5ccccc5c5ccccc45)c32)c2c(cccc2-c2cc3ccccc3c3ccccc23)C1. The highest BCUT2D eigenvalue weighted by molar-refractivity contribution is 7.09. The van der Waals surface area contributed by atoms with Crippen molar-refractivity contribution in [3.63, 3.8) is 0 Å². The third-order valence-corrected chi connectivity index (χ3v) is 16.5. The Morgan fingerprint density at radius 3 is 1.20 bits per heavy atom. The first-order valence-corrected chi connectivity index (χ1v) is 23.5. The summed E-state index contributed by atoms with van der Waals surface area (Å²) in [5.74, 6) is 0. The summed E-state index contributed by atoms with van der Waals surface area (Å²) in [4.78, 5) is 0. The summed E-state index contributed by atoms with van der Waals surface area (Å²) in [7, 11) is -2.35. The van der Waals surface area contributed by atoms with Crippen LogP contribution in [0.15, 0.2) is 157 Å². The highest BCUT2D eigenvalue weighted by Gasteiger charge is 2.43. The van der Waals surface area contributed by atoms with Gasteiger partial charge in [-0.15, -0.1) is 0 Å². The van der Waals surface area contributed by atoms with Gasteiger partial charge in [-0.2, -0.15) is 0 Å². The Labute approximate surface area is 326 Å². The molecular weight excluding hydrogens is 677 g/mol. The second-order valence-electron chi connectivity index (χ2n) is 16.5. The van der Waals surface area contributed by atoms with E-state index in [1.165, 1.54) is 87.6 Å². The summed E-state index contributed by atoms with van der Waals surface area (Å²) in [6, 6.07) is 55.4. The molecule has 0 atom stereocenters. The van der Waals surface area contributed by atoms with Crippen molar-refractivity contribution in [2.24, 2.45) is 0 Å². The Morgan fingerprint density at radius 1 is 0.400 bits per heavy atom. The summed E-state index contributed by atoms with van der Waals surface area (Å²) in [6.45, 7) is 10.2. The van der Waals surface area contributed by atoms with Crippen LogP contribution in [0.25, 0.3) is 75.7 Å². The molecule has 0 saturated carbocycles. The molecule has 0 aliphatic heterocycles. The van der Waals surface area contributed by atoms with Gasteiger partial charge >= 0.3 is 0 Å². The summed E-state index contributed by atoms with van der Waals surface area (Å²) in [6.07, 6.45) is 6.76. The lowest BCUT2D eigenvalue weighted by Gasteiger charge is -2.33. The molecule has 0 amide bonds. The fourth-order valence-electron chi connectivity index (χ4n) is 10.7. The van der Waals surface area contributed by atoms with E-state index in [0.29, 0.717) is 0 Å². The Bertz CT molecular complexity index is 2720.